The van der Waals surface area contributed by atoms with Crippen LogP contribution in [0, 0.1) is 0 Å². The molecule has 0 bridgehead atoms. The van der Waals surface area contributed by atoms with Gasteiger partial charge in [-0.25, -0.2) is 13.2 Å². The Morgan fingerprint density at radius 3 is 2.39 bits per heavy atom. The van der Waals surface area contributed by atoms with Gasteiger partial charge in [-0.2, -0.15) is 0 Å². The largest absolute Gasteiger partial charge is 0.462 e. The van der Waals surface area contributed by atoms with Gasteiger partial charge in [0.2, 0.25) is 0 Å². The highest BCUT2D eigenvalue weighted by Gasteiger charge is 2.24. The molecule has 0 atom stereocenters. The molecule has 3 aromatic carbocycles. The molecule has 0 unspecified atom stereocenters. The number of halogens is 1. The van der Waals surface area contributed by atoms with Crippen molar-refractivity contribution in [2.75, 3.05) is 6.61 Å². The van der Waals surface area contributed by atoms with E-state index in [2.05, 4.69) is 0 Å². The van der Waals surface area contributed by atoms with Crippen molar-refractivity contribution in [3.8, 4) is 11.3 Å². The first-order valence-corrected chi connectivity index (χ1v) is 11.7. The molecule has 31 heavy (non-hydrogen) atoms. The third kappa shape index (κ3) is 4.36. The summed E-state index contributed by atoms with van der Waals surface area (Å²) in [6, 6.07) is 20.3. The lowest BCUT2D eigenvalue weighted by atomic mass is 10.0. The highest BCUT2D eigenvalue weighted by molar-refractivity contribution is 7.90. The quantitative estimate of drug-likeness (QED) is 0.339. The first-order valence-electron chi connectivity index (χ1n) is 9.65. The molecule has 4 aromatic rings. The predicted octanol–water partition coefficient (Wildman–Crippen LogP) is 5.90. The summed E-state index contributed by atoms with van der Waals surface area (Å²) in [5.74, 6) is -0.344. The molecule has 0 fully saturated rings. The van der Waals surface area contributed by atoms with E-state index in [9.17, 15) is 13.2 Å². The second-order valence-electron chi connectivity index (χ2n) is 6.94. The van der Waals surface area contributed by atoms with Crippen LogP contribution in [-0.2, 0) is 20.3 Å². The van der Waals surface area contributed by atoms with E-state index >= 15 is 0 Å². The van der Waals surface area contributed by atoms with Gasteiger partial charge in [0.15, 0.2) is 9.84 Å². The fourth-order valence-electron chi connectivity index (χ4n) is 3.38. The summed E-state index contributed by atoms with van der Waals surface area (Å²) in [7, 11) is -3.59. The highest BCUT2D eigenvalue weighted by Crippen LogP contribution is 2.35. The first-order chi connectivity index (χ1) is 14.9. The van der Waals surface area contributed by atoms with Crippen LogP contribution in [0.4, 0.5) is 0 Å². The summed E-state index contributed by atoms with van der Waals surface area (Å²) < 4.78 is 36.9. The molecule has 0 saturated carbocycles. The van der Waals surface area contributed by atoms with Gasteiger partial charge in [0.1, 0.15) is 16.9 Å². The van der Waals surface area contributed by atoms with Gasteiger partial charge in [-0.3, -0.25) is 0 Å². The van der Waals surface area contributed by atoms with E-state index in [0.717, 1.165) is 5.56 Å². The summed E-state index contributed by atoms with van der Waals surface area (Å²) in [5, 5.41) is 0.979. The van der Waals surface area contributed by atoms with Crippen molar-refractivity contribution in [3.05, 3.63) is 88.9 Å². The van der Waals surface area contributed by atoms with E-state index in [1.165, 1.54) is 12.1 Å². The third-order valence-electron chi connectivity index (χ3n) is 4.80. The Kier molecular flexibility index (Phi) is 5.85. The van der Waals surface area contributed by atoms with Crippen molar-refractivity contribution in [1.29, 1.82) is 0 Å². The maximum atomic E-state index is 12.8. The minimum atomic E-state index is -3.59. The lowest BCUT2D eigenvalue weighted by molar-refractivity contribution is 0.0528. The van der Waals surface area contributed by atoms with Crippen molar-refractivity contribution >= 4 is 38.4 Å². The van der Waals surface area contributed by atoms with Crippen molar-refractivity contribution in [2.24, 2.45) is 0 Å². The van der Waals surface area contributed by atoms with Crippen molar-refractivity contribution in [2.45, 2.75) is 17.6 Å². The number of furan rings is 1. The summed E-state index contributed by atoms with van der Waals surface area (Å²) in [6.07, 6.45) is 0. The zero-order chi connectivity index (χ0) is 22.0. The van der Waals surface area contributed by atoms with E-state index < -0.39 is 15.8 Å². The van der Waals surface area contributed by atoms with Crippen LogP contribution in [0.3, 0.4) is 0 Å². The molecule has 0 aliphatic rings. The number of esters is 1. The van der Waals surface area contributed by atoms with E-state index in [1.54, 1.807) is 37.3 Å². The van der Waals surface area contributed by atoms with Gasteiger partial charge in [-0.15, -0.1) is 0 Å². The summed E-state index contributed by atoms with van der Waals surface area (Å²) in [5.41, 5.74) is 2.04. The number of benzene rings is 3. The number of carbonyl (C=O) groups excluding carboxylic acids is 1. The highest BCUT2D eigenvalue weighted by atomic mass is 35.5. The van der Waals surface area contributed by atoms with Gasteiger partial charge in [-0.05, 0) is 48.9 Å². The van der Waals surface area contributed by atoms with Crippen LogP contribution in [0.2, 0.25) is 5.02 Å². The Balaban J connectivity index is 1.80. The maximum absolute atomic E-state index is 12.8. The topological polar surface area (TPSA) is 73.6 Å². The molecule has 158 valence electrons. The molecule has 0 amide bonds. The molecule has 1 aromatic heterocycles. The lowest BCUT2D eigenvalue weighted by Crippen LogP contribution is -2.06. The maximum Gasteiger partial charge on any atom is 0.342 e. The van der Waals surface area contributed by atoms with Crippen LogP contribution in [0.15, 0.2) is 82.1 Å². The van der Waals surface area contributed by atoms with E-state index in [1.807, 2.05) is 30.3 Å². The molecule has 7 heteroatoms. The Hall–Kier alpha value is -3.09. The molecule has 0 aliphatic heterocycles. The average Bonchev–Trinajstić information content (AvgIpc) is 3.13. The first kappa shape index (κ1) is 21.2. The molecule has 4 rings (SSSR count). The normalized spacial score (nSPS) is 11.5. The lowest BCUT2D eigenvalue weighted by Gasteiger charge is -2.06. The third-order valence-corrected chi connectivity index (χ3v) is 6.75. The van der Waals surface area contributed by atoms with Crippen LogP contribution in [0.5, 0.6) is 0 Å². The standard InChI is InChI=1S/C24H19ClO5S/c1-2-29-24(26)22-20-14-16(15-31(27,28)19-11-9-18(25)10-12-19)8-13-21(20)30-23(22)17-6-4-3-5-7-17/h3-14H,2,15H2,1H3. The summed E-state index contributed by atoms with van der Waals surface area (Å²) in [6.45, 7) is 1.94. The van der Waals surface area contributed by atoms with Gasteiger partial charge in [-0.1, -0.05) is 48.0 Å². The van der Waals surface area contributed by atoms with Crippen molar-refractivity contribution in [3.63, 3.8) is 0 Å². The van der Waals surface area contributed by atoms with Crippen LogP contribution in [0.25, 0.3) is 22.3 Å². The van der Waals surface area contributed by atoms with Crippen molar-refractivity contribution < 1.29 is 22.4 Å². The average molecular weight is 455 g/mol. The second-order valence-corrected chi connectivity index (χ2v) is 9.36. The van der Waals surface area contributed by atoms with Crippen LogP contribution in [-0.4, -0.2) is 21.0 Å². The summed E-state index contributed by atoms with van der Waals surface area (Å²) in [4.78, 5) is 12.9. The molecule has 0 aliphatic carbocycles. The zero-order valence-corrected chi connectivity index (χ0v) is 18.2. The molecule has 5 nitrogen and oxygen atoms in total. The molecule has 0 radical (unpaired) electrons. The number of hydrogen-bond donors (Lipinski definition) is 0. The number of ether oxygens (including phenoxy) is 1. The minimum Gasteiger partial charge on any atom is -0.462 e. The number of sulfone groups is 1. The Bertz CT molecular complexity index is 1340. The van der Waals surface area contributed by atoms with E-state index in [4.69, 9.17) is 20.8 Å². The number of hydrogen-bond acceptors (Lipinski definition) is 5. The Morgan fingerprint density at radius 1 is 1.00 bits per heavy atom. The van der Waals surface area contributed by atoms with Gasteiger partial charge in [0.25, 0.3) is 0 Å². The Morgan fingerprint density at radius 2 is 1.71 bits per heavy atom. The van der Waals surface area contributed by atoms with E-state index in [-0.39, 0.29) is 22.8 Å². The van der Waals surface area contributed by atoms with Gasteiger partial charge < -0.3 is 9.15 Å². The van der Waals surface area contributed by atoms with Crippen LogP contribution >= 0.6 is 11.6 Å². The Labute approximate surface area is 185 Å². The van der Waals surface area contributed by atoms with Gasteiger partial charge in [0, 0.05) is 16.0 Å². The fraction of sp³-hybridized carbons (Fsp3) is 0.125. The molecular formula is C24H19ClO5S. The van der Waals surface area contributed by atoms with Crippen LogP contribution < -0.4 is 0 Å². The number of carbonyl (C=O) groups is 1. The second kappa shape index (κ2) is 8.57. The minimum absolute atomic E-state index is 0.180. The zero-order valence-electron chi connectivity index (χ0n) is 16.7. The van der Waals surface area contributed by atoms with Crippen LogP contribution in [0.1, 0.15) is 22.8 Å². The van der Waals surface area contributed by atoms with Crippen molar-refractivity contribution in [1.82, 2.24) is 0 Å². The SMILES string of the molecule is CCOC(=O)c1c(-c2ccccc2)oc2ccc(CS(=O)(=O)c3ccc(Cl)cc3)cc12. The number of fused-ring (bicyclic) bond motifs is 1. The molecule has 1 heterocycles. The monoisotopic (exact) mass is 454 g/mol. The van der Waals surface area contributed by atoms with E-state index in [0.29, 0.717) is 27.3 Å². The number of rotatable bonds is 6. The molecule has 0 N–H and O–H groups in total. The van der Waals surface area contributed by atoms with Gasteiger partial charge >= 0.3 is 5.97 Å². The smallest absolute Gasteiger partial charge is 0.342 e. The summed E-state index contributed by atoms with van der Waals surface area (Å²) >= 11 is 5.86. The van der Waals surface area contributed by atoms with Gasteiger partial charge in [0.05, 0.1) is 17.3 Å². The molecule has 0 saturated heterocycles. The fourth-order valence-corrected chi connectivity index (χ4v) is 4.84. The molecular weight excluding hydrogens is 436 g/mol. The predicted molar refractivity (Wildman–Crippen MR) is 120 cm³/mol. The molecule has 0 spiro atoms.